The second-order valence-electron chi connectivity index (χ2n) is 4.62. The number of aliphatic hydroxyl groups excluding tert-OH is 1. The molecule has 0 aromatic carbocycles. The highest BCUT2D eigenvalue weighted by molar-refractivity contribution is 5.82. The molecule has 19 heavy (non-hydrogen) atoms. The highest BCUT2D eigenvalue weighted by Crippen LogP contribution is 2.12. The first-order chi connectivity index (χ1) is 9.10. The highest BCUT2D eigenvalue weighted by Gasteiger charge is 2.27. The number of nitrogens with one attached hydrogen (secondary N) is 2. The average molecular weight is 273 g/mol. The molecule has 4 N–H and O–H groups in total. The molecule has 1 fully saturated rings. The average Bonchev–Trinajstić information content (AvgIpc) is 2.40. The van der Waals surface area contributed by atoms with Gasteiger partial charge in [0.2, 0.25) is 0 Å². The zero-order valence-corrected chi connectivity index (χ0v) is 11.3. The molecule has 1 aliphatic rings. The number of carboxylic acids is 1. The first-order valence-corrected chi connectivity index (χ1v) is 6.71. The zero-order chi connectivity index (χ0) is 14.3. The molecule has 2 amide bonds. The van der Waals surface area contributed by atoms with Crippen LogP contribution in [-0.4, -0.2) is 65.4 Å². The van der Waals surface area contributed by atoms with Gasteiger partial charge in [-0.2, -0.15) is 0 Å². The molecule has 0 unspecified atom stereocenters. The van der Waals surface area contributed by atoms with Crippen molar-refractivity contribution < 1.29 is 19.8 Å². The molecule has 1 atom stereocenters. The fourth-order valence-corrected chi connectivity index (χ4v) is 2.30. The molecule has 1 saturated heterocycles. The Morgan fingerprint density at radius 3 is 2.53 bits per heavy atom. The van der Waals surface area contributed by atoms with Crippen LogP contribution in [0.2, 0.25) is 0 Å². The second-order valence-corrected chi connectivity index (χ2v) is 4.62. The van der Waals surface area contributed by atoms with Gasteiger partial charge in [0.1, 0.15) is 6.04 Å². The molecular weight excluding hydrogens is 250 g/mol. The summed E-state index contributed by atoms with van der Waals surface area (Å²) in [7, 11) is 0. The number of rotatable bonds is 6. The number of nitrogens with zero attached hydrogens (tertiary/aromatic N) is 1. The number of amides is 2. The van der Waals surface area contributed by atoms with E-state index in [-0.39, 0.29) is 25.1 Å². The monoisotopic (exact) mass is 273 g/mol. The summed E-state index contributed by atoms with van der Waals surface area (Å²) in [5, 5.41) is 23.5. The normalized spacial score (nSPS) is 17.8. The Morgan fingerprint density at radius 2 is 2.05 bits per heavy atom. The number of aliphatic hydroxyl groups is 1. The van der Waals surface area contributed by atoms with Gasteiger partial charge in [0.15, 0.2) is 0 Å². The van der Waals surface area contributed by atoms with Crippen LogP contribution in [0.25, 0.3) is 0 Å². The molecule has 0 saturated carbocycles. The molecule has 1 aliphatic heterocycles. The van der Waals surface area contributed by atoms with Gasteiger partial charge in [-0.25, -0.2) is 9.59 Å². The van der Waals surface area contributed by atoms with Crippen LogP contribution < -0.4 is 10.6 Å². The summed E-state index contributed by atoms with van der Waals surface area (Å²) in [5.74, 6) is -1.12. The molecule has 7 heteroatoms. The summed E-state index contributed by atoms with van der Waals surface area (Å²) >= 11 is 0. The van der Waals surface area contributed by atoms with E-state index in [1.165, 1.54) is 0 Å². The Bertz CT molecular complexity index is 305. The summed E-state index contributed by atoms with van der Waals surface area (Å²) in [5.41, 5.74) is 0. The van der Waals surface area contributed by atoms with Gasteiger partial charge in [-0.3, -0.25) is 0 Å². The van der Waals surface area contributed by atoms with E-state index in [2.05, 4.69) is 10.6 Å². The topological polar surface area (TPSA) is 102 Å². The van der Waals surface area contributed by atoms with Crippen molar-refractivity contribution in [3.63, 3.8) is 0 Å². The third-order valence-corrected chi connectivity index (χ3v) is 3.36. The molecular formula is C12H23N3O4. The third-order valence-electron chi connectivity index (χ3n) is 3.36. The number of carboxylic acid groups (broad SMARTS) is 1. The standard InChI is InChI=1S/C12H23N3O4/c1-2-15(9-3-6-13-7-4-9)12(19)14-10(5-8-16)11(17)18/h9-10,13,16H,2-8H2,1H3,(H,14,19)(H,17,18)/t10-/m1/s1. The molecule has 0 bridgehead atoms. The van der Waals surface area contributed by atoms with Gasteiger partial charge in [-0.15, -0.1) is 0 Å². The predicted molar refractivity (Wildman–Crippen MR) is 69.9 cm³/mol. The second kappa shape index (κ2) is 7.96. The van der Waals surface area contributed by atoms with Crippen LogP contribution in [0, 0.1) is 0 Å². The van der Waals surface area contributed by atoms with Gasteiger partial charge in [0, 0.05) is 25.6 Å². The maximum absolute atomic E-state index is 12.1. The molecule has 0 radical (unpaired) electrons. The van der Waals surface area contributed by atoms with Crippen molar-refractivity contribution >= 4 is 12.0 Å². The minimum atomic E-state index is -1.12. The van der Waals surface area contributed by atoms with Crippen LogP contribution in [0.3, 0.4) is 0 Å². The molecule has 1 rings (SSSR count). The van der Waals surface area contributed by atoms with Gasteiger partial charge in [-0.05, 0) is 32.9 Å². The molecule has 1 heterocycles. The number of hydrogen-bond donors (Lipinski definition) is 4. The van der Waals surface area contributed by atoms with Crippen molar-refractivity contribution in [1.29, 1.82) is 0 Å². The Kier molecular flexibility index (Phi) is 6.58. The van der Waals surface area contributed by atoms with E-state index in [1.54, 1.807) is 4.90 Å². The molecule has 0 aromatic heterocycles. The SMILES string of the molecule is CCN(C(=O)N[C@H](CCO)C(=O)O)C1CCNCC1. The van der Waals surface area contributed by atoms with Crippen molar-refractivity contribution in [3.05, 3.63) is 0 Å². The summed E-state index contributed by atoms with van der Waals surface area (Å²) in [6.45, 7) is 3.89. The molecule has 7 nitrogen and oxygen atoms in total. The van der Waals surface area contributed by atoms with Crippen LogP contribution >= 0.6 is 0 Å². The van der Waals surface area contributed by atoms with Crippen molar-refractivity contribution in [2.45, 2.75) is 38.3 Å². The van der Waals surface area contributed by atoms with Gasteiger partial charge in [0.25, 0.3) is 0 Å². The lowest BCUT2D eigenvalue weighted by Crippen LogP contribution is -2.53. The predicted octanol–water partition coefficient (Wildman–Crippen LogP) is -0.394. The van der Waals surface area contributed by atoms with E-state index >= 15 is 0 Å². The van der Waals surface area contributed by atoms with Crippen molar-refractivity contribution in [1.82, 2.24) is 15.5 Å². The van der Waals surface area contributed by atoms with Gasteiger partial charge in [0.05, 0.1) is 0 Å². The quantitative estimate of drug-likeness (QED) is 0.528. The summed E-state index contributed by atoms with van der Waals surface area (Å²) in [4.78, 5) is 24.7. The summed E-state index contributed by atoms with van der Waals surface area (Å²) in [6, 6.07) is -1.25. The lowest BCUT2D eigenvalue weighted by Gasteiger charge is -2.34. The van der Waals surface area contributed by atoms with Crippen LogP contribution in [0.5, 0.6) is 0 Å². The van der Waals surface area contributed by atoms with Gasteiger partial charge in [-0.1, -0.05) is 0 Å². The first kappa shape index (κ1) is 15.7. The van der Waals surface area contributed by atoms with Crippen LogP contribution in [-0.2, 0) is 4.79 Å². The smallest absolute Gasteiger partial charge is 0.326 e. The zero-order valence-electron chi connectivity index (χ0n) is 11.3. The fraction of sp³-hybridized carbons (Fsp3) is 0.833. The maximum Gasteiger partial charge on any atom is 0.326 e. The Morgan fingerprint density at radius 1 is 1.42 bits per heavy atom. The number of aliphatic carboxylic acids is 1. The lowest BCUT2D eigenvalue weighted by atomic mass is 10.1. The molecule has 0 aromatic rings. The van der Waals surface area contributed by atoms with E-state index in [1.807, 2.05) is 6.92 Å². The first-order valence-electron chi connectivity index (χ1n) is 6.71. The maximum atomic E-state index is 12.1. The summed E-state index contributed by atoms with van der Waals surface area (Å²) in [6.07, 6.45) is 1.77. The summed E-state index contributed by atoms with van der Waals surface area (Å²) < 4.78 is 0. The number of hydrogen-bond acceptors (Lipinski definition) is 4. The van der Waals surface area contributed by atoms with Crippen LogP contribution in [0.15, 0.2) is 0 Å². The largest absolute Gasteiger partial charge is 0.480 e. The third kappa shape index (κ3) is 4.68. The number of carbonyl (C=O) groups excluding carboxylic acids is 1. The van der Waals surface area contributed by atoms with Crippen LogP contribution in [0.4, 0.5) is 4.79 Å². The Labute approximate surface area is 113 Å². The van der Waals surface area contributed by atoms with Crippen LogP contribution in [0.1, 0.15) is 26.2 Å². The minimum Gasteiger partial charge on any atom is -0.480 e. The molecule has 0 spiro atoms. The van der Waals surface area contributed by atoms with E-state index in [9.17, 15) is 9.59 Å². The molecule has 110 valence electrons. The van der Waals surface area contributed by atoms with Gasteiger partial charge >= 0.3 is 12.0 Å². The fourth-order valence-electron chi connectivity index (χ4n) is 2.30. The van der Waals surface area contributed by atoms with E-state index in [0.29, 0.717) is 6.54 Å². The Balaban J connectivity index is 2.58. The van der Waals surface area contributed by atoms with E-state index < -0.39 is 12.0 Å². The van der Waals surface area contributed by atoms with Crippen molar-refractivity contribution in [3.8, 4) is 0 Å². The molecule has 0 aliphatic carbocycles. The van der Waals surface area contributed by atoms with E-state index in [0.717, 1.165) is 25.9 Å². The lowest BCUT2D eigenvalue weighted by molar-refractivity contribution is -0.139. The number of carbonyl (C=O) groups is 2. The van der Waals surface area contributed by atoms with E-state index in [4.69, 9.17) is 10.2 Å². The van der Waals surface area contributed by atoms with Crippen molar-refractivity contribution in [2.24, 2.45) is 0 Å². The van der Waals surface area contributed by atoms with Gasteiger partial charge < -0.3 is 25.7 Å². The minimum absolute atomic E-state index is 0.0187. The van der Waals surface area contributed by atoms with Crippen molar-refractivity contribution in [2.75, 3.05) is 26.2 Å². The highest BCUT2D eigenvalue weighted by atomic mass is 16.4. The Hall–Kier alpha value is -1.34. The number of piperidine rings is 1. The number of urea groups is 1.